The molecule has 11 heteroatoms. The molecule has 1 saturated heterocycles. The number of piperazine rings is 1. The predicted molar refractivity (Wildman–Crippen MR) is 138 cm³/mol. The Bertz CT molecular complexity index is 1500. The minimum Gasteiger partial charge on any atom is -0.435 e. The first-order chi connectivity index (χ1) is 18.0. The summed E-state index contributed by atoms with van der Waals surface area (Å²) >= 11 is 0. The summed E-state index contributed by atoms with van der Waals surface area (Å²) in [5, 5.41) is 0. The number of nitrogens with zero attached hydrogens (tertiary/aromatic N) is 3. The summed E-state index contributed by atoms with van der Waals surface area (Å²) in [5.74, 6) is -1.18. The minimum atomic E-state index is -4.01. The molecule has 0 radical (unpaired) electrons. The number of sulfonamides is 1. The monoisotopic (exact) mass is 545 g/mol. The van der Waals surface area contributed by atoms with E-state index in [4.69, 9.17) is 0 Å². The summed E-state index contributed by atoms with van der Waals surface area (Å²) in [6.45, 7) is 1.65. The van der Waals surface area contributed by atoms with Crippen molar-refractivity contribution in [2.75, 3.05) is 35.4 Å². The SMILES string of the molecule is CC(=O)N1CCN2c3ccc(-c4cc(F)cc(OC(F)F)c4)cc3N(S(=O)(=O)c3cccc(C)c3)C[C@@H]2C1. The van der Waals surface area contributed by atoms with E-state index in [1.54, 1.807) is 48.2 Å². The van der Waals surface area contributed by atoms with Gasteiger partial charge in [0.1, 0.15) is 11.6 Å². The maximum Gasteiger partial charge on any atom is 0.387 e. The molecule has 2 aliphatic rings. The van der Waals surface area contributed by atoms with Gasteiger partial charge in [0.25, 0.3) is 10.0 Å². The van der Waals surface area contributed by atoms with Gasteiger partial charge in [0.2, 0.25) is 5.91 Å². The number of hydrogen-bond acceptors (Lipinski definition) is 5. The Morgan fingerprint density at radius 1 is 0.974 bits per heavy atom. The van der Waals surface area contributed by atoms with Gasteiger partial charge in [-0.15, -0.1) is 0 Å². The van der Waals surface area contributed by atoms with E-state index < -0.39 is 22.5 Å². The van der Waals surface area contributed by atoms with Crippen LogP contribution in [0.2, 0.25) is 0 Å². The predicted octanol–water partition coefficient (Wildman–Crippen LogP) is 4.65. The normalized spacial score (nSPS) is 17.3. The fraction of sp³-hybridized carbons (Fsp3) is 0.296. The van der Waals surface area contributed by atoms with Crippen molar-refractivity contribution in [1.82, 2.24) is 4.90 Å². The van der Waals surface area contributed by atoms with E-state index in [-0.39, 0.29) is 34.7 Å². The van der Waals surface area contributed by atoms with Crippen LogP contribution in [0.25, 0.3) is 11.1 Å². The lowest BCUT2D eigenvalue weighted by atomic mass is 10.00. The van der Waals surface area contributed by atoms with Gasteiger partial charge < -0.3 is 14.5 Å². The molecule has 7 nitrogen and oxygen atoms in total. The van der Waals surface area contributed by atoms with Gasteiger partial charge in [0.15, 0.2) is 0 Å². The highest BCUT2D eigenvalue weighted by molar-refractivity contribution is 7.92. The molecule has 2 heterocycles. The second-order valence-electron chi connectivity index (χ2n) is 9.42. The molecule has 5 rings (SSSR count). The summed E-state index contributed by atoms with van der Waals surface area (Å²) in [6, 6.07) is 14.7. The quantitative estimate of drug-likeness (QED) is 0.467. The van der Waals surface area contributed by atoms with E-state index in [9.17, 15) is 26.4 Å². The molecule has 1 fully saturated rings. The van der Waals surface area contributed by atoms with Gasteiger partial charge in [-0.1, -0.05) is 18.2 Å². The number of hydrogen-bond donors (Lipinski definition) is 0. The Kier molecular flexibility index (Phi) is 6.72. The molecule has 200 valence electrons. The molecule has 38 heavy (non-hydrogen) atoms. The lowest BCUT2D eigenvalue weighted by Gasteiger charge is -2.49. The van der Waals surface area contributed by atoms with E-state index in [0.717, 1.165) is 11.6 Å². The standard InChI is InChI=1S/C27H26F3N3O4S/c1-17-4-3-5-24(10-17)38(35,36)33-16-22-15-31(18(2)34)8-9-32(22)25-7-6-19(13-26(25)33)20-11-21(28)14-23(12-20)37-27(29)30/h3-7,10-14,22,27H,8-9,15-16H2,1-2H3/t22-/m0/s1. The Balaban J connectivity index is 1.63. The number of rotatable bonds is 5. The Labute approximate surface area is 219 Å². The Morgan fingerprint density at radius 3 is 2.47 bits per heavy atom. The van der Waals surface area contributed by atoms with E-state index in [1.165, 1.54) is 29.4 Å². The maximum atomic E-state index is 14.3. The van der Waals surface area contributed by atoms with Gasteiger partial charge in [-0.25, -0.2) is 12.8 Å². The summed E-state index contributed by atoms with van der Waals surface area (Å²) in [7, 11) is -4.01. The van der Waals surface area contributed by atoms with Gasteiger partial charge in [-0.2, -0.15) is 8.78 Å². The zero-order chi connectivity index (χ0) is 27.2. The molecule has 1 amide bonds. The second kappa shape index (κ2) is 9.86. The highest BCUT2D eigenvalue weighted by Crippen LogP contribution is 2.42. The fourth-order valence-electron chi connectivity index (χ4n) is 5.08. The Hall–Kier alpha value is -3.73. The molecule has 1 atom stereocenters. The molecular formula is C27H26F3N3O4S. The van der Waals surface area contributed by atoms with Crippen molar-refractivity contribution in [2.45, 2.75) is 31.4 Å². The number of benzene rings is 3. The average Bonchev–Trinajstić information content (AvgIpc) is 2.86. The van der Waals surface area contributed by atoms with E-state index in [1.807, 2.05) is 0 Å². The number of aryl methyl sites for hydroxylation is 1. The number of carbonyl (C=O) groups is 1. The second-order valence-corrected chi connectivity index (χ2v) is 11.3. The van der Waals surface area contributed by atoms with Crippen LogP contribution in [0.15, 0.2) is 65.6 Å². The zero-order valence-corrected chi connectivity index (χ0v) is 21.6. The topological polar surface area (TPSA) is 70.2 Å². The Morgan fingerprint density at radius 2 is 1.76 bits per heavy atom. The van der Waals surface area contributed by atoms with E-state index in [0.29, 0.717) is 36.6 Å². The third-order valence-electron chi connectivity index (χ3n) is 6.87. The van der Waals surface area contributed by atoms with E-state index >= 15 is 0 Å². The van der Waals surface area contributed by atoms with Crippen molar-refractivity contribution in [3.8, 4) is 16.9 Å². The largest absolute Gasteiger partial charge is 0.435 e. The number of carbonyl (C=O) groups excluding carboxylic acids is 1. The molecule has 0 saturated carbocycles. The van der Waals surface area contributed by atoms with Crippen LogP contribution in [0.4, 0.5) is 24.5 Å². The molecule has 0 bridgehead atoms. The number of fused-ring (bicyclic) bond motifs is 3. The van der Waals surface area contributed by atoms with Crippen molar-refractivity contribution in [2.24, 2.45) is 0 Å². The molecule has 0 aliphatic carbocycles. The first-order valence-electron chi connectivity index (χ1n) is 12.0. The molecule has 0 aromatic heterocycles. The van der Waals surface area contributed by atoms with Gasteiger partial charge in [-0.3, -0.25) is 9.10 Å². The van der Waals surface area contributed by atoms with Crippen LogP contribution in [-0.4, -0.2) is 58.1 Å². The average molecular weight is 546 g/mol. The van der Waals surface area contributed by atoms with Gasteiger partial charge in [0, 0.05) is 32.6 Å². The number of halogens is 3. The van der Waals surface area contributed by atoms with Crippen molar-refractivity contribution < 1.29 is 31.1 Å². The van der Waals surface area contributed by atoms with Crippen molar-refractivity contribution in [3.05, 3.63) is 72.0 Å². The summed E-state index contributed by atoms with van der Waals surface area (Å²) < 4.78 is 73.4. The molecule has 0 spiro atoms. The van der Waals surface area contributed by atoms with Crippen LogP contribution >= 0.6 is 0 Å². The maximum absolute atomic E-state index is 14.3. The molecule has 0 N–H and O–H groups in total. The third-order valence-corrected chi connectivity index (χ3v) is 8.64. The summed E-state index contributed by atoms with van der Waals surface area (Å²) in [6.07, 6.45) is 0. The van der Waals surface area contributed by atoms with Crippen LogP contribution in [0.5, 0.6) is 5.75 Å². The summed E-state index contributed by atoms with van der Waals surface area (Å²) in [4.78, 5) is 16.0. The smallest absolute Gasteiger partial charge is 0.387 e. The van der Waals surface area contributed by atoms with Crippen molar-refractivity contribution in [1.29, 1.82) is 0 Å². The lowest BCUT2D eigenvalue weighted by Crippen LogP contribution is -2.61. The highest BCUT2D eigenvalue weighted by Gasteiger charge is 2.40. The van der Waals surface area contributed by atoms with E-state index in [2.05, 4.69) is 9.64 Å². The van der Waals surface area contributed by atoms with Crippen LogP contribution in [0.3, 0.4) is 0 Å². The first kappa shape index (κ1) is 25.9. The van der Waals surface area contributed by atoms with Gasteiger partial charge in [0.05, 0.1) is 28.9 Å². The molecular weight excluding hydrogens is 519 g/mol. The minimum absolute atomic E-state index is 0.0770. The van der Waals surface area contributed by atoms with Crippen LogP contribution < -0.4 is 13.9 Å². The molecule has 3 aromatic carbocycles. The fourth-order valence-corrected chi connectivity index (χ4v) is 6.69. The highest BCUT2D eigenvalue weighted by atomic mass is 32.2. The van der Waals surface area contributed by atoms with Crippen LogP contribution in [0.1, 0.15) is 12.5 Å². The van der Waals surface area contributed by atoms with Crippen LogP contribution in [-0.2, 0) is 14.8 Å². The first-order valence-corrected chi connectivity index (χ1v) is 13.5. The molecule has 3 aromatic rings. The van der Waals surface area contributed by atoms with Crippen molar-refractivity contribution >= 4 is 27.3 Å². The van der Waals surface area contributed by atoms with Gasteiger partial charge >= 0.3 is 6.61 Å². The number of ether oxygens (including phenoxy) is 1. The van der Waals surface area contributed by atoms with Crippen molar-refractivity contribution in [3.63, 3.8) is 0 Å². The molecule has 0 unspecified atom stereocenters. The van der Waals surface area contributed by atoms with Crippen LogP contribution in [0, 0.1) is 12.7 Å². The number of amides is 1. The molecule has 2 aliphatic heterocycles. The lowest BCUT2D eigenvalue weighted by molar-refractivity contribution is -0.129. The zero-order valence-electron chi connectivity index (χ0n) is 20.8. The summed E-state index contributed by atoms with van der Waals surface area (Å²) in [5.41, 5.74) is 2.53. The number of alkyl halides is 2. The van der Waals surface area contributed by atoms with Gasteiger partial charge in [-0.05, 0) is 60.0 Å². The number of anilines is 2. The third kappa shape index (κ3) is 4.90.